The van der Waals surface area contributed by atoms with E-state index in [4.69, 9.17) is 0 Å². The maximum absolute atomic E-state index is 10.3. The summed E-state index contributed by atoms with van der Waals surface area (Å²) in [6.45, 7) is 26.5. The van der Waals surface area contributed by atoms with Crippen LogP contribution in [0.3, 0.4) is 0 Å². The smallest absolute Gasteiger partial charge is 0.244 e. The molecule has 0 atom stereocenters. The lowest BCUT2D eigenvalue weighted by molar-refractivity contribution is -0.721. The fourth-order valence-corrected chi connectivity index (χ4v) is 5.60. The first kappa shape index (κ1) is 40.7. The third-order valence-electron chi connectivity index (χ3n) is 7.38. The second kappa shape index (κ2) is 17.6. The zero-order valence-corrected chi connectivity index (χ0v) is 30.9. The molecule has 4 aromatic rings. The second-order valence-corrected chi connectivity index (χ2v) is 14.9. The molecule has 4 rings (SSSR count). The van der Waals surface area contributed by atoms with E-state index in [1.807, 2.05) is 0 Å². The van der Waals surface area contributed by atoms with E-state index in [9.17, 15) is 25.9 Å². The van der Waals surface area contributed by atoms with Crippen molar-refractivity contribution in [2.45, 2.75) is 117 Å². The van der Waals surface area contributed by atoms with Gasteiger partial charge in [0, 0.05) is 27.7 Å². The SMILES string of the molecule is Cc1c(C)[n+](C(C)C)cn1C(C)C.Cc1c(C)[n+](C(C)C)cn1C(C)C.O=S(=O)([O-])c1ccccc1.O=S(=O)([O-])c1ccccc1. The second-order valence-electron chi connectivity index (χ2n) is 12.1. The van der Waals surface area contributed by atoms with E-state index in [0.29, 0.717) is 24.2 Å². The summed E-state index contributed by atoms with van der Waals surface area (Å²) in [5.74, 6) is 0. The number of hydrogen-bond acceptors (Lipinski definition) is 6. The zero-order valence-electron chi connectivity index (χ0n) is 29.3. The molecule has 2 heterocycles. The molecule has 10 nitrogen and oxygen atoms in total. The van der Waals surface area contributed by atoms with E-state index >= 15 is 0 Å². The molecule has 0 saturated carbocycles. The summed E-state index contributed by atoms with van der Waals surface area (Å²) in [5.41, 5.74) is 5.51. The summed E-state index contributed by atoms with van der Waals surface area (Å²) in [7, 11) is -8.51. The van der Waals surface area contributed by atoms with Gasteiger partial charge in [-0.05, 0) is 79.7 Å². The minimum absolute atomic E-state index is 0.185. The number of hydrogen-bond donors (Lipinski definition) is 0. The Balaban J connectivity index is 0.000000309. The Labute approximate surface area is 276 Å². The molecule has 0 aliphatic rings. The monoisotopic (exact) mass is 676 g/mol. The van der Waals surface area contributed by atoms with Crippen LogP contribution in [0.2, 0.25) is 0 Å². The molecular weight excluding hydrogens is 625 g/mol. The third-order valence-corrected chi connectivity index (χ3v) is 9.08. The van der Waals surface area contributed by atoms with Crippen molar-refractivity contribution in [1.29, 1.82) is 0 Å². The van der Waals surface area contributed by atoms with E-state index in [1.165, 1.54) is 71.3 Å². The normalized spacial score (nSPS) is 11.5. The molecule has 0 amide bonds. The van der Waals surface area contributed by atoms with Gasteiger partial charge in [0.05, 0.1) is 34.0 Å². The van der Waals surface area contributed by atoms with Crippen LogP contribution in [-0.4, -0.2) is 35.1 Å². The maximum atomic E-state index is 10.3. The van der Waals surface area contributed by atoms with Gasteiger partial charge in [-0.3, -0.25) is 0 Å². The molecule has 12 heteroatoms. The van der Waals surface area contributed by atoms with Crippen LogP contribution in [0.25, 0.3) is 0 Å². The van der Waals surface area contributed by atoms with E-state index in [1.54, 1.807) is 12.1 Å². The van der Waals surface area contributed by atoms with Gasteiger partial charge in [-0.25, -0.2) is 35.1 Å². The van der Waals surface area contributed by atoms with Crippen LogP contribution >= 0.6 is 0 Å². The topological polar surface area (TPSA) is 132 Å². The third kappa shape index (κ3) is 12.1. The Kier molecular flexibility index (Phi) is 15.5. The number of rotatable bonds is 6. The fraction of sp³-hybridized carbons (Fsp3) is 0.471. The molecule has 0 fully saturated rings. The van der Waals surface area contributed by atoms with Gasteiger partial charge in [-0.15, -0.1) is 0 Å². The molecule has 2 aromatic heterocycles. The van der Waals surface area contributed by atoms with E-state index in [0.717, 1.165) is 0 Å². The van der Waals surface area contributed by atoms with Crippen molar-refractivity contribution in [3.05, 3.63) is 96.1 Å². The van der Waals surface area contributed by atoms with Crippen LogP contribution in [0.5, 0.6) is 0 Å². The average molecular weight is 677 g/mol. The first-order chi connectivity index (χ1) is 21.1. The van der Waals surface area contributed by atoms with Gasteiger partial charge < -0.3 is 9.11 Å². The number of imidazole rings is 2. The van der Waals surface area contributed by atoms with Crippen LogP contribution in [0.15, 0.2) is 83.1 Å². The minimum atomic E-state index is -4.25. The summed E-state index contributed by atoms with van der Waals surface area (Å²) in [4.78, 5) is -0.370. The molecule has 0 radical (unpaired) electrons. The predicted octanol–water partition coefficient (Wildman–Crippen LogP) is 6.29. The van der Waals surface area contributed by atoms with Crippen molar-refractivity contribution in [2.24, 2.45) is 0 Å². The molecular formula is C34H52N4O6S2. The average Bonchev–Trinajstić information content (AvgIpc) is 3.45. The van der Waals surface area contributed by atoms with Crippen LogP contribution in [-0.2, 0) is 20.2 Å². The van der Waals surface area contributed by atoms with Crippen molar-refractivity contribution >= 4 is 20.2 Å². The summed E-state index contributed by atoms with van der Waals surface area (Å²) in [6.07, 6.45) is 4.44. The van der Waals surface area contributed by atoms with E-state index in [-0.39, 0.29) is 9.79 Å². The van der Waals surface area contributed by atoms with Crippen molar-refractivity contribution in [3.8, 4) is 0 Å². The highest BCUT2D eigenvalue weighted by molar-refractivity contribution is 7.86. The highest BCUT2D eigenvalue weighted by atomic mass is 32.2. The number of aromatic nitrogens is 4. The largest absolute Gasteiger partial charge is 0.744 e. The molecule has 46 heavy (non-hydrogen) atoms. The highest BCUT2D eigenvalue weighted by Crippen LogP contribution is 2.13. The van der Waals surface area contributed by atoms with Crippen LogP contribution in [0.1, 0.15) is 102 Å². The molecule has 2 aromatic carbocycles. The highest BCUT2D eigenvalue weighted by Gasteiger charge is 2.20. The first-order valence-electron chi connectivity index (χ1n) is 15.3. The van der Waals surface area contributed by atoms with Crippen LogP contribution < -0.4 is 9.13 Å². The lowest BCUT2D eigenvalue weighted by atomic mass is 10.3. The van der Waals surface area contributed by atoms with Gasteiger partial charge in [0.2, 0.25) is 12.7 Å². The Morgan fingerprint density at radius 3 is 0.913 bits per heavy atom. The lowest BCUT2D eigenvalue weighted by Crippen LogP contribution is -2.37. The summed E-state index contributed by atoms with van der Waals surface area (Å²) < 4.78 is 71.0. The van der Waals surface area contributed by atoms with Crippen molar-refractivity contribution in [2.75, 3.05) is 0 Å². The van der Waals surface area contributed by atoms with E-state index in [2.05, 4.69) is 114 Å². The van der Waals surface area contributed by atoms with Gasteiger partial charge in [-0.2, -0.15) is 0 Å². The van der Waals surface area contributed by atoms with Crippen molar-refractivity contribution in [3.63, 3.8) is 0 Å². The quantitative estimate of drug-likeness (QED) is 0.174. The molecule has 0 saturated heterocycles. The van der Waals surface area contributed by atoms with E-state index < -0.39 is 20.2 Å². The van der Waals surface area contributed by atoms with Gasteiger partial charge in [0.1, 0.15) is 43.0 Å². The Bertz CT molecular complexity index is 1540. The number of nitrogens with zero attached hydrogens (tertiary/aromatic N) is 4. The predicted molar refractivity (Wildman–Crippen MR) is 179 cm³/mol. The zero-order chi connectivity index (χ0) is 35.6. The Morgan fingerprint density at radius 2 is 0.783 bits per heavy atom. The van der Waals surface area contributed by atoms with Gasteiger partial charge in [0.15, 0.2) is 0 Å². The van der Waals surface area contributed by atoms with Gasteiger partial charge in [-0.1, -0.05) is 36.4 Å². The molecule has 0 aliphatic carbocycles. The lowest BCUT2D eigenvalue weighted by Gasteiger charge is -2.04. The van der Waals surface area contributed by atoms with Crippen LogP contribution in [0, 0.1) is 27.7 Å². The van der Waals surface area contributed by atoms with Gasteiger partial charge >= 0.3 is 0 Å². The molecule has 0 spiro atoms. The van der Waals surface area contributed by atoms with Crippen molar-refractivity contribution < 1.29 is 35.1 Å². The minimum Gasteiger partial charge on any atom is -0.744 e. The summed E-state index contributed by atoms with van der Waals surface area (Å²) in [5, 5.41) is 0. The molecule has 0 unspecified atom stereocenters. The summed E-state index contributed by atoms with van der Waals surface area (Å²) in [6, 6.07) is 16.6. The number of benzene rings is 2. The molecule has 256 valence electrons. The Hall–Kier alpha value is -3.32. The first-order valence-corrected chi connectivity index (χ1v) is 18.1. The maximum Gasteiger partial charge on any atom is 0.244 e. The fourth-order valence-electron chi connectivity index (χ4n) is 4.62. The van der Waals surface area contributed by atoms with Crippen molar-refractivity contribution in [1.82, 2.24) is 9.13 Å². The summed E-state index contributed by atoms with van der Waals surface area (Å²) >= 11 is 0. The molecule has 0 bridgehead atoms. The molecule has 0 N–H and O–H groups in total. The standard InChI is InChI=1S/2C11H21N2.2C6H6O3S/c2*1-8(2)12-7-13(9(3)4)11(6)10(12)5;2*7-10(8,9)6-4-2-1-3-5-6/h2*7-9H,1-6H3;2*1-5H,(H,7,8,9)/q2*+1;;/p-2. The molecule has 0 aliphatic heterocycles. The Morgan fingerprint density at radius 1 is 0.522 bits per heavy atom. The van der Waals surface area contributed by atoms with Gasteiger partial charge in [0.25, 0.3) is 0 Å². The van der Waals surface area contributed by atoms with Crippen LogP contribution in [0.4, 0.5) is 0 Å².